The predicted molar refractivity (Wildman–Crippen MR) is 88.9 cm³/mol. The van der Waals surface area contributed by atoms with Gasteiger partial charge in [-0.05, 0) is 12.8 Å². The van der Waals surface area contributed by atoms with Crippen LogP contribution in [0, 0.1) is 0 Å². The Bertz CT molecular complexity index is 929. The fraction of sp³-hybridized carbons (Fsp3) is 0.467. The zero-order valence-corrected chi connectivity index (χ0v) is 14.3. The highest BCUT2D eigenvalue weighted by molar-refractivity contribution is 5.36. The average Bonchev–Trinajstić information content (AvgIpc) is 3.00. The molecule has 0 saturated carbocycles. The molecule has 0 aliphatic carbocycles. The summed E-state index contributed by atoms with van der Waals surface area (Å²) in [7, 11) is 3.55. The summed E-state index contributed by atoms with van der Waals surface area (Å²) in [5.74, 6) is 1.18. The monoisotopic (exact) mass is 328 g/mol. The lowest BCUT2D eigenvalue weighted by Gasteiger charge is -2.16. The zero-order valence-electron chi connectivity index (χ0n) is 14.3. The second-order valence-electron chi connectivity index (χ2n) is 5.59. The summed E-state index contributed by atoms with van der Waals surface area (Å²) >= 11 is 0. The number of aromatic nitrogens is 7. The maximum Gasteiger partial charge on any atom is 0.295 e. The number of nitrogens with zero attached hydrogens (tertiary/aromatic N) is 8. The van der Waals surface area contributed by atoms with E-state index in [-0.39, 0.29) is 5.56 Å². The van der Waals surface area contributed by atoms with Crippen molar-refractivity contribution in [3.63, 3.8) is 0 Å². The van der Waals surface area contributed by atoms with Crippen LogP contribution in [0.2, 0.25) is 0 Å². The minimum absolute atomic E-state index is 0.183. The molecule has 0 amide bonds. The molecule has 3 rings (SSSR count). The molecule has 0 saturated heterocycles. The standard InChI is InChI=1S/C15H20N8O/c1-5-10-11(6-2)17-20-15(16-10)22(4)9-12-18-19-13-14(24)21(3)7-8-23(12)13/h7-8H,5-6,9H2,1-4H3. The van der Waals surface area contributed by atoms with E-state index in [0.717, 1.165) is 24.2 Å². The summed E-state index contributed by atoms with van der Waals surface area (Å²) < 4.78 is 3.16. The van der Waals surface area contributed by atoms with Crippen LogP contribution in [0.4, 0.5) is 5.95 Å². The first-order chi connectivity index (χ1) is 11.5. The molecule has 3 aromatic heterocycles. The van der Waals surface area contributed by atoms with Gasteiger partial charge in [0.2, 0.25) is 11.6 Å². The van der Waals surface area contributed by atoms with Crippen LogP contribution in [0.1, 0.15) is 31.1 Å². The van der Waals surface area contributed by atoms with E-state index in [1.54, 1.807) is 23.8 Å². The minimum atomic E-state index is -0.183. The Morgan fingerprint density at radius 1 is 1.04 bits per heavy atom. The molecule has 0 aliphatic heterocycles. The Kier molecular flexibility index (Phi) is 4.24. The maximum absolute atomic E-state index is 12.0. The van der Waals surface area contributed by atoms with Crippen molar-refractivity contribution in [2.24, 2.45) is 7.05 Å². The van der Waals surface area contributed by atoms with Crippen molar-refractivity contribution in [2.45, 2.75) is 33.2 Å². The van der Waals surface area contributed by atoms with E-state index in [2.05, 4.69) is 32.3 Å². The first-order valence-corrected chi connectivity index (χ1v) is 7.88. The molecule has 0 spiro atoms. The van der Waals surface area contributed by atoms with E-state index in [9.17, 15) is 4.79 Å². The number of hydrogen-bond donors (Lipinski definition) is 0. The third kappa shape index (κ3) is 2.72. The highest BCUT2D eigenvalue weighted by atomic mass is 16.1. The van der Waals surface area contributed by atoms with Gasteiger partial charge in [0.15, 0.2) is 5.82 Å². The maximum atomic E-state index is 12.0. The molecule has 9 nitrogen and oxygen atoms in total. The molecule has 0 fully saturated rings. The molecule has 0 aliphatic rings. The quantitative estimate of drug-likeness (QED) is 0.668. The molecule has 0 bridgehead atoms. The van der Waals surface area contributed by atoms with Crippen LogP contribution in [0.15, 0.2) is 17.2 Å². The third-order valence-electron chi connectivity index (χ3n) is 3.94. The number of anilines is 1. The average molecular weight is 328 g/mol. The lowest BCUT2D eigenvalue weighted by Crippen LogP contribution is -2.23. The molecule has 0 atom stereocenters. The summed E-state index contributed by atoms with van der Waals surface area (Å²) in [6.07, 6.45) is 5.08. The van der Waals surface area contributed by atoms with Gasteiger partial charge in [-0.3, -0.25) is 9.20 Å². The Labute approximate surface area is 139 Å². The van der Waals surface area contributed by atoms with Crippen LogP contribution in [0.25, 0.3) is 5.65 Å². The van der Waals surface area contributed by atoms with Gasteiger partial charge in [0.25, 0.3) is 5.56 Å². The van der Waals surface area contributed by atoms with Crippen molar-refractivity contribution in [2.75, 3.05) is 11.9 Å². The smallest absolute Gasteiger partial charge is 0.295 e. The van der Waals surface area contributed by atoms with E-state index in [4.69, 9.17) is 0 Å². The molecule has 0 unspecified atom stereocenters. The van der Waals surface area contributed by atoms with Crippen molar-refractivity contribution >= 4 is 11.6 Å². The van der Waals surface area contributed by atoms with E-state index in [1.807, 2.05) is 18.9 Å². The Morgan fingerprint density at radius 2 is 1.79 bits per heavy atom. The predicted octanol–water partition coefficient (Wildman–Crippen LogP) is 0.374. The first-order valence-electron chi connectivity index (χ1n) is 7.88. The molecule has 9 heteroatoms. The van der Waals surface area contributed by atoms with Crippen LogP contribution < -0.4 is 10.5 Å². The summed E-state index contributed by atoms with van der Waals surface area (Å²) in [6.45, 7) is 4.51. The first kappa shape index (κ1) is 16.0. The van der Waals surface area contributed by atoms with Crippen LogP contribution in [0.3, 0.4) is 0 Å². The molecule has 0 aromatic carbocycles. The van der Waals surface area contributed by atoms with Crippen LogP contribution >= 0.6 is 0 Å². The SMILES string of the molecule is CCc1nnc(N(C)Cc2nnc3c(=O)n(C)ccn23)nc1CC. The number of rotatable bonds is 5. The molecular weight excluding hydrogens is 308 g/mol. The van der Waals surface area contributed by atoms with Gasteiger partial charge in [-0.1, -0.05) is 13.8 Å². The fourth-order valence-corrected chi connectivity index (χ4v) is 2.50. The molecule has 3 aromatic rings. The van der Waals surface area contributed by atoms with E-state index < -0.39 is 0 Å². The lowest BCUT2D eigenvalue weighted by atomic mass is 10.2. The number of hydrogen-bond acceptors (Lipinski definition) is 7. The van der Waals surface area contributed by atoms with Crippen molar-refractivity contribution in [3.8, 4) is 0 Å². The Hall–Kier alpha value is -2.84. The van der Waals surface area contributed by atoms with Crippen molar-refractivity contribution in [1.29, 1.82) is 0 Å². The van der Waals surface area contributed by atoms with Gasteiger partial charge in [-0.25, -0.2) is 4.98 Å². The molecule has 0 N–H and O–H groups in total. The highest BCUT2D eigenvalue weighted by Gasteiger charge is 2.15. The second-order valence-corrected chi connectivity index (χ2v) is 5.59. The second kappa shape index (κ2) is 6.34. The van der Waals surface area contributed by atoms with Gasteiger partial charge in [-0.15, -0.1) is 15.3 Å². The molecule has 126 valence electrons. The minimum Gasteiger partial charge on any atom is -0.335 e. The number of fused-ring (bicyclic) bond motifs is 1. The van der Waals surface area contributed by atoms with Crippen molar-refractivity contribution in [1.82, 2.24) is 34.3 Å². The topological polar surface area (TPSA) is 94.1 Å². The van der Waals surface area contributed by atoms with E-state index in [0.29, 0.717) is 24.0 Å². The Morgan fingerprint density at radius 3 is 2.50 bits per heavy atom. The lowest BCUT2D eigenvalue weighted by molar-refractivity contribution is 0.744. The van der Waals surface area contributed by atoms with Gasteiger partial charge < -0.3 is 9.47 Å². The van der Waals surface area contributed by atoms with E-state index >= 15 is 0 Å². The summed E-state index contributed by atoms with van der Waals surface area (Å²) in [5.41, 5.74) is 2.00. The van der Waals surface area contributed by atoms with Gasteiger partial charge in [0, 0.05) is 26.5 Å². The van der Waals surface area contributed by atoms with Crippen LogP contribution in [-0.4, -0.2) is 41.4 Å². The summed E-state index contributed by atoms with van der Waals surface area (Å²) in [6, 6.07) is 0. The normalized spacial score (nSPS) is 11.2. The molecule has 24 heavy (non-hydrogen) atoms. The molecular formula is C15H20N8O. The van der Waals surface area contributed by atoms with Crippen molar-refractivity contribution < 1.29 is 0 Å². The highest BCUT2D eigenvalue weighted by Crippen LogP contribution is 2.12. The zero-order chi connectivity index (χ0) is 17.3. The molecule has 0 radical (unpaired) electrons. The van der Waals surface area contributed by atoms with Gasteiger partial charge >= 0.3 is 0 Å². The van der Waals surface area contributed by atoms with Crippen LogP contribution in [0.5, 0.6) is 0 Å². The fourth-order valence-electron chi connectivity index (χ4n) is 2.50. The van der Waals surface area contributed by atoms with Gasteiger partial charge in [0.1, 0.15) is 0 Å². The summed E-state index contributed by atoms with van der Waals surface area (Å²) in [4.78, 5) is 18.5. The van der Waals surface area contributed by atoms with E-state index in [1.165, 1.54) is 4.57 Å². The molecule has 3 heterocycles. The van der Waals surface area contributed by atoms with Gasteiger partial charge in [-0.2, -0.15) is 5.10 Å². The number of aryl methyl sites for hydroxylation is 3. The van der Waals surface area contributed by atoms with Crippen LogP contribution in [-0.2, 0) is 26.4 Å². The largest absolute Gasteiger partial charge is 0.335 e. The van der Waals surface area contributed by atoms with Crippen molar-refractivity contribution in [3.05, 3.63) is 40.0 Å². The van der Waals surface area contributed by atoms with Gasteiger partial charge in [0.05, 0.1) is 17.9 Å². The Balaban J connectivity index is 1.91. The summed E-state index contributed by atoms with van der Waals surface area (Å²) in [5, 5.41) is 16.6. The third-order valence-corrected chi connectivity index (χ3v) is 3.94.